The highest BCUT2D eigenvalue weighted by atomic mass is 35.5. The van der Waals surface area contributed by atoms with Crippen LogP contribution in [0.5, 0.6) is 5.75 Å². The molecule has 0 unspecified atom stereocenters. The van der Waals surface area contributed by atoms with Crippen molar-refractivity contribution >= 4 is 23.5 Å². The molecule has 2 aliphatic heterocycles. The lowest BCUT2D eigenvalue weighted by atomic mass is 9.91. The van der Waals surface area contributed by atoms with Crippen molar-refractivity contribution < 1.29 is 24.5 Å². The van der Waals surface area contributed by atoms with Crippen molar-refractivity contribution in [1.29, 1.82) is 0 Å². The molecule has 23 heavy (non-hydrogen) atoms. The van der Waals surface area contributed by atoms with E-state index in [-0.39, 0.29) is 13.3 Å². The Morgan fingerprint density at radius 1 is 1.43 bits per heavy atom. The number of aliphatic hydroxyl groups excluding tert-OH is 2. The molecule has 3 rings (SSSR count). The first-order valence-corrected chi connectivity index (χ1v) is 7.38. The number of rotatable bonds is 4. The molecule has 0 saturated carbocycles. The van der Waals surface area contributed by atoms with E-state index in [1.165, 1.54) is 0 Å². The largest absolute Gasteiger partial charge is 0.478 e. The molecule has 124 valence electrons. The van der Waals surface area contributed by atoms with E-state index in [1.54, 1.807) is 17.0 Å². The van der Waals surface area contributed by atoms with Gasteiger partial charge in [-0.1, -0.05) is 17.7 Å². The van der Waals surface area contributed by atoms with Crippen LogP contribution in [0.1, 0.15) is 5.56 Å². The van der Waals surface area contributed by atoms with E-state index < -0.39 is 30.2 Å². The van der Waals surface area contributed by atoms with Gasteiger partial charge in [-0.2, -0.15) is 0 Å². The molecule has 9 heteroatoms. The standard InChI is InChI=1S/C14H16ClN3O5/c15-9-2-1-8-4-18(7-23-10(8)3-9)6-14(11(20)5-19)12(21)16-13(22)17-14/h1-3,11,19-20H,4-7H2,(H2,16,17,21,22)/t11-,14+/m1/s1. The second kappa shape index (κ2) is 5.97. The summed E-state index contributed by atoms with van der Waals surface area (Å²) >= 11 is 5.91. The summed E-state index contributed by atoms with van der Waals surface area (Å²) in [4.78, 5) is 25.3. The lowest BCUT2D eigenvalue weighted by Crippen LogP contribution is -2.64. The average molecular weight is 342 g/mol. The molecule has 1 aromatic carbocycles. The van der Waals surface area contributed by atoms with Crippen LogP contribution in [-0.2, 0) is 11.3 Å². The molecule has 0 radical (unpaired) electrons. The van der Waals surface area contributed by atoms with E-state index >= 15 is 0 Å². The predicted octanol–water partition coefficient (Wildman–Crippen LogP) is -0.577. The molecule has 0 spiro atoms. The summed E-state index contributed by atoms with van der Waals surface area (Å²) in [6.07, 6.45) is -1.43. The number of imide groups is 1. The highest BCUT2D eigenvalue weighted by molar-refractivity contribution is 6.30. The van der Waals surface area contributed by atoms with Gasteiger partial charge in [-0.15, -0.1) is 0 Å². The molecule has 0 aliphatic carbocycles. The number of nitrogens with one attached hydrogen (secondary N) is 2. The summed E-state index contributed by atoms with van der Waals surface area (Å²) in [7, 11) is 0. The van der Waals surface area contributed by atoms with Gasteiger partial charge >= 0.3 is 6.03 Å². The number of carbonyl (C=O) groups excluding carboxylic acids is 2. The average Bonchev–Trinajstić information content (AvgIpc) is 2.81. The van der Waals surface area contributed by atoms with E-state index in [0.29, 0.717) is 17.3 Å². The first kappa shape index (κ1) is 16.0. The Morgan fingerprint density at radius 2 is 2.22 bits per heavy atom. The minimum atomic E-state index is -1.61. The number of urea groups is 1. The number of ether oxygens (including phenoxy) is 1. The normalized spacial score (nSPS) is 25.3. The van der Waals surface area contributed by atoms with Gasteiger partial charge in [-0.3, -0.25) is 15.0 Å². The Hall–Kier alpha value is -1.87. The molecule has 2 heterocycles. The van der Waals surface area contributed by atoms with Gasteiger partial charge in [0.15, 0.2) is 5.54 Å². The molecule has 3 amide bonds. The zero-order valence-corrected chi connectivity index (χ0v) is 12.8. The van der Waals surface area contributed by atoms with Crippen molar-refractivity contribution in [3.63, 3.8) is 0 Å². The molecule has 4 N–H and O–H groups in total. The molecule has 0 bridgehead atoms. The van der Waals surface area contributed by atoms with Gasteiger partial charge in [0.25, 0.3) is 5.91 Å². The zero-order chi connectivity index (χ0) is 16.6. The Kier molecular flexibility index (Phi) is 4.15. The van der Waals surface area contributed by atoms with Crippen LogP contribution >= 0.6 is 11.6 Å². The molecule has 2 atom stereocenters. The van der Waals surface area contributed by atoms with E-state index in [1.807, 2.05) is 6.07 Å². The van der Waals surface area contributed by atoms with Gasteiger partial charge < -0.3 is 20.3 Å². The number of halogens is 1. The second-order valence-electron chi connectivity index (χ2n) is 5.59. The van der Waals surface area contributed by atoms with Crippen molar-refractivity contribution in [2.75, 3.05) is 19.9 Å². The monoisotopic (exact) mass is 341 g/mol. The third-order valence-electron chi connectivity index (χ3n) is 4.01. The number of carbonyl (C=O) groups is 2. The number of hydrogen-bond acceptors (Lipinski definition) is 6. The number of nitrogens with zero attached hydrogens (tertiary/aromatic N) is 1. The molecule has 1 aromatic rings. The van der Waals surface area contributed by atoms with Gasteiger partial charge in [-0.05, 0) is 12.1 Å². The van der Waals surface area contributed by atoms with Crippen molar-refractivity contribution in [3.8, 4) is 5.75 Å². The Labute approximate surface area is 137 Å². The minimum Gasteiger partial charge on any atom is -0.478 e. The predicted molar refractivity (Wildman–Crippen MR) is 79.9 cm³/mol. The van der Waals surface area contributed by atoms with Crippen molar-refractivity contribution in [2.24, 2.45) is 0 Å². The van der Waals surface area contributed by atoms with E-state index in [4.69, 9.17) is 16.3 Å². The van der Waals surface area contributed by atoms with Crippen LogP contribution in [0.15, 0.2) is 18.2 Å². The van der Waals surface area contributed by atoms with Crippen LogP contribution in [0.2, 0.25) is 5.02 Å². The SMILES string of the molecule is O=C1NC(=O)[C@](CN2COc3cc(Cl)ccc3C2)([C@H](O)CO)N1. The van der Waals surface area contributed by atoms with Crippen molar-refractivity contribution in [1.82, 2.24) is 15.5 Å². The maximum absolute atomic E-state index is 12.1. The smallest absolute Gasteiger partial charge is 0.322 e. The number of amides is 3. The van der Waals surface area contributed by atoms with Gasteiger partial charge in [0, 0.05) is 23.7 Å². The number of aliphatic hydroxyl groups is 2. The maximum atomic E-state index is 12.1. The van der Waals surface area contributed by atoms with Crippen molar-refractivity contribution in [3.05, 3.63) is 28.8 Å². The van der Waals surface area contributed by atoms with Crippen LogP contribution in [0.4, 0.5) is 4.79 Å². The van der Waals surface area contributed by atoms with Crippen LogP contribution < -0.4 is 15.4 Å². The number of fused-ring (bicyclic) bond motifs is 1. The first-order chi connectivity index (χ1) is 10.9. The van der Waals surface area contributed by atoms with Gasteiger partial charge in [0.05, 0.1) is 6.61 Å². The molecule has 1 fully saturated rings. The zero-order valence-electron chi connectivity index (χ0n) is 12.1. The summed E-state index contributed by atoms with van der Waals surface area (Å²) in [6.45, 7) is -0.0467. The van der Waals surface area contributed by atoms with Crippen molar-refractivity contribution in [2.45, 2.75) is 18.2 Å². The number of hydrogen-bond donors (Lipinski definition) is 4. The summed E-state index contributed by atoms with van der Waals surface area (Å²) in [5, 5.41) is 24.4. The number of benzene rings is 1. The van der Waals surface area contributed by atoms with E-state index in [2.05, 4.69) is 10.6 Å². The third-order valence-corrected chi connectivity index (χ3v) is 4.24. The van der Waals surface area contributed by atoms with Gasteiger partial charge in [-0.25, -0.2) is 4.79 Å². The van der Waals surface area contributed by atoms with Gasteiger partial charge in [0.1, 0.15) is 18.6 Å². The Balaban J connectivity index is 1.81. The lowest BCUT2D eigenvalue weighted by Gasteiger charge is -2.37. The molecular formula is C14H16ClN3O5. The molecule has 8 nitrogen and oxygen atoms in total. The fourth-order valence-corrected chi connectivity index (χ4v) is 2.97. The van der Waals surface area contributed by atoms with Crippen LogP contribution in [-0.4, -0.2) is 58.6 Å². The fourth-order valence-electron chi connectivity index (χ4n) is 2.81. The summed E-state index contributed by atoms with van der Waals surface area (Å²) < 4.78 is 5.60. The summed E-state index contributed by atoms with van der Waals surface area (Å²) in [5.74, 6) is -0.0173. The van der Waals surface area contributed by atoms with Crippen LogP contribution in [0, 0.1) is 0 Å². The first-order valence-electron chi connectivity index (χ1n) is 7.01. The quantitative estimate of drug-likeness (QED) is 0.545. The van der Waals surface area contributed by atoms with Crippen LogP contribution in [0.3, 0.4) is 0 Å². The Morgan fingerprint density at radius 3 is 2.87 bits per heavy atom. The topological polar surface area (TPSA) is 111 Å². The third kappa shape index (κ3) is 2.86. The van der Waals surface area contributed by atoms with E-state index in [9.17, 15) is 19.8 Å². The highest BCUT2D eigenvalue weighted by Crippen LogP contribution is 2.29. The summed E-state index contributed by atoms with van der Waals surface area (Å²) in [5.41, 5.74) is -0.738. The van der Waals surface area contributed by atoms with Crippen LogP contribution in [0.25, 0.3) is 0 Å². The Bertz CT molecular complexity index is 655. The van der Waals surface area contributed by atoms with Gasteiger partial charge in [0.2, 0.25) is 0 Å². The maximum Gasteiger partial charge on any atom is 0.322 e. The highest BCUT2D eigenvalue weighted by Gasteiger charge is 2.52. The molecular weight excluding hydrogens is 326 g/mol. The molecule has 2 aliphatic rings. The fraction of sp³-hybridized carbons (Fsp3) is 0.429. The molecule has 1 saturated heterocycles. The minimum absolute atomic E-state index is 0.00559. The molecule has 0 aromatic heterocycles. The lowest BCUT2D eigenvalue weighted by molar-refractivity contribution is -0.131. The van der Waals surface area contributed by atoms with E-state index in [0.717, 1.165) is 5.56 Å². The summed E-state index contributed by atoms with van der Waals surface area (Å²) in [6, 6.07) is 4.55. The second-order valence-corrected chi connectivity index (χ2v) is 6.03.